The van der Waals surface area contributed by atoms with Crippen LogP contribution in [0.3, 0.4) is 0 Å². The van der Waals surface area contributed by atoms with Gasteiger partial charge in [0.25, 0.3) is 5.91 Å². The molecule has 0 aliphatic carbocycles. The Bertz CT molecular complexity index is 1140. The molecule has 0 atom stereocenters. The summed E-state index contributed by atoms with van der Waals surface area (Å²) in [6, 6.07) is 8.03. The number of aromatic amines is 1. The van der Waals surface area contributed by atoms with Gasteiger partial charge in [0.2, 0.25) is 0 Å². The van der Waals surface area contributed by atoms with Crippen molar-refractivity contribution in [2.75, 3.05) is 18.5 Å². The van der Waals surface area contributed by atoms with Gasteiger partial charge in [-0.15, -0.1) is 11.3 Å². The fourth-order valence-corrected chi connectivity index (χ4v) is 4.97. The van der Waals surface area contributed by atoms with Crippen LogP contribution >= 0.6 is 11.3 Å². The second-order valence-corrected chi connectivity index (χ2v) is 9.33. The fraction of sp³-hybridized carbons (Fsp3) is 0.320. The van der Waals surface area contributed by atoms with Crippen molar-refractivity contribution in [1.29, 1.82) is 0 Å². The van der Waals surface area contributed by atoms with Gasteiger partial charge >= 0.3 is 0 Å². The molecule has 32 heavy (non-hydrogen) atoms. The van der Waals surface area contributed by atoms with Crippen LogP contribution in [0.15, 0.2) is 52.7 Å². The minimum Gasteiger partial charge on any atom is -0.374 e. The topological polar surface area (TPSA) is 73.4 Å². The van der Waals surface area contributed by atoms with E-state index in [0.29, 0.717) is 17.2 Å². The van der Waals surface area contributed by atoms with Gasteiger partial charge < -0.3 is 9.88 Å². The summed E-state index contributed by atoms with van der Waals surface area (Å²) in [6.07, 6.45) is 7.63. The fourth-order valence-electron chi connectivity index (χ4n) is 4.24. The van der Waals surface area contributed by atoms with E-state index in [0.717, 1.165) is 30.0 Å². The number of rotatable bonds is 8. The maximum Gasteiger partial charge on any atom is 0.273 e. The smallest absolute Gasteiger partial charge is 0.273 e. The van der Waals surface area contributed by atoms with Gasteiger partial charge in [0.1, 0.15) is 5.71 Å². The van der Waals surface area contributed by atoms with Crippen molar-refractivity contribution in [2.24, 2.45) is 5.10 Å². The van der Waals surface area contributed by atoms with E-state index >= 15 is 0 Å². The van der Waals surface area contributed by atoms with Gasteiger partial charge in [-0.1, -0.05) is 19.9 Å². The average Bonchev–Trinajstić information content (AvgIpc) is 3.49. The van der Waals surface area contributed by atoms with Crippen LogP contribution in [0.4, 0.5) is 5.69 Å². The van der Waals surface area contributed by atoms with Crippen molar-refractivity contribution in [2.45, 2.75) is 39.5 Å². The number of nitrogens with zero attached hydrogens (tertiary/aromatic N) is 3. The monoisotopic (exact) mass is 447 g/mol. The Kier molecular flexibility index (Phi) is 6.55. The molecular weight excluding hydrogens is 418 g/mol. The van der Waals surface area contributed by atoms with Gasteiger partial charge in [-0.25, -0.2) is 5.43 Å². The largest absolute Gasteiger partial charge is 0.374 e. The number of hydrogen-bond donors (Lipinski definition) is 2. The van der Waals surface area contributed by atoms with Crippen LogP contribution in [0.1, 0.15) is 53.6 Å². The highest BCUT2D eigenvalue weighted by atomic mass is 32.1. The van der Waals surface area contributed by atoms with E-state index < -0.39 is 0 Å². The summed E-state index contributed by atoms with van der Waals surface area (Å²) in [7, 11) is 2.11. The Hall–Kier alpha value is -3.19. The van der Waals surface area contributed by atoms with Crippen molar-refractivity contribution in [3.8, 4) is 0 Å². The molecule has 0 unspecified atom stereocenters. The highest BCUT2D eigenvalue weighted by Gasteiger charge is 2.26. The average molecular weight is 448 g/mol. The van der Waals surface area contributed by atoms with Gasteiger partial charge in [-0.05, 0) is 66.5 Å². The molecule has 4 rings (SSSR count). The molecule has 0 bridgehead atoms. The second-order valence-electron chi connectivity index (χ2n) is 8.38. The third-order valence-corrected chi connectivity index (χ3v) is 6.68. The van der Waals surface area contributed by atoms with Gasteiger partial charge in [-0.3, -0.25) is 9.78 Å². The van der Waals surface area contributed by atoms with Gasteiger partial charge in [-0.2, -0.15) is 5.10 Å². The summed E-state index contributed by atoms with van der Waals surface area (Å²) in [6.45, 7) is 7.50. The molecule has 6 nitrogen and oxygen atoms in total. The predicted molar refractivity (Wildman–Crippen MR) is 132 cm³/mol. The molecule has 0 saturated carbocycles. The molecule has 1 aliphatic heterocycles. The third-order valence-electron chi connectivity index (χ3n) is 5.80. The number of carbonyl (C=O) groups is 1. The van der Waals surface area contributed by atoms with Crippen molar-refractivity contribution in [1.82, 2.24) is 15.4 Å². The molecule has 0 saturated heterocycles. The number of H-pyrrole nitrogens is 1. The normalized spacial score (nSPS) is 14.8. The van der Waals surface area contributed by atoms with Crippen LogP contribution in [0.2, 0.25) is 0 Å². The molecule has 166 valence electrons. The van der Waals surface area contributed by atoms with E-state index in [4.69, 9.17) is 0 Å². The number of carbonyl (C=O) groups excluding carboxylic acids is 1. The van der Waals surface area contributed by atoms with E-state index in [1.807, 2.05) is 48.1 Å². The lowest BCUT2D eigenvalue weighted by Crippen LogP contribution is -2.19. The zero-order chi connectivity index (χ0) is 22.7. The molecule has 3 aromatic rings. The standard InChI is InChI=1S/C25H29N5OS/c1-16(2)23-19(7-5-13-30(4)18-9-11-26-12-10-18)17(3)27-21(23)15-20-24(28-29-25(20)31)22-8-6-14-32-22/h6,8-12,14-16,27H,5,7,13H2,1-4H3,(H,29,31)/b20-15+. The van der Waals surface area contributed by atoms with E-state index in [1.165, 1.54) is 22.5 Å². The lowest BCUT2D eigenvalue weighted by Gasteiger charge is -2.19. The van der Waals surface area contributed by atoms with Gasteiger partial charge in [0.15, 0.2) is 0 Å². The van der Waals surface area contributed by atoms with Gasteiger partial charge in [0, 0.05) is 43.1 Å². The minimum atomic E-state index is -0.157. The highest BCUT2D eigenvalue weighted by molar-refractivity contribution is 7.12. The number of anilines is 1. The van der Waals surface area contributed by atoms with Crippen molar-refractivity contribution in [3.63, 3.8) is 0 Å². The van der Waals surface area contributed by atoms with Crippen LogP contribution in [0, 0.1) is 6.92 Å². The molecule has 1 aliphatic rings. The van der Waals surface area contributed by atoms with Crippen LogP contribution in [-0.2, 0) is 11.2 Å². The van der Waals surface area contributed by atoms with Crippen molar-refractivity contribution in [3.05, 3.63) is 75.0 Å². The Balaban J connectivity index is 1.57. The molecule has 0 fully saturated rings. The lowest BCUT2D eigenvalue weighted by atomic mass is 9.93. The van der Waals surface area contributed by atoms with Crippen molar-refractivity contribution >= 4 is 34.7 Å². The SMILES string of the molecule is Cc1[nH]c(/C=C2/C(=O)NN=C2c2cccs2)c(C(C)C)c1CCCN(C)c1ccncc1. The first-order valence-electron chi connectivity index (χ1n) is 10.9. The quantitative estimate of drug-likeness (QED) is 0.483. The molecule has 4 heterocycles. The summed E-state index contributed by atoms with van der Waals surface area (Å²) in [5.41, 5.74) is 9.93. The van der Waals surface area contributed by atoms with E-state index in [2.05, 4.69) is 53.2 Å². The zero-order valence-corrected chi connectivity index (χ0v) is 19.8. The zero-order valence-electron chi connectivity index (χ0n) is 19.0. The number of aromatic nitrogens is 2. The molecule has 0 radical (unpaired) electrons. The number of aryl methyl sites for hydroxylation is 1. The first-order chi connectivity index (χ1) is 15.5. The first kappa shape index (κ1) is 22.0. The van der Waals surface area contributed by atoms with Crippen LogP contribution < -0.4 is 10.3 Å². The maximum atomic E-state index is 12.5. The van der Waals surface area contributed by atoms with Crippen LogP contribution in [0.25, 0.3) is 6.08 Å². The summed E-state index contributed by atoms with van der Waals surface area (Å²) in [5, 5.41) is 6.27. The predicted octanol–water partition coefficient (Wildman–Crippen LogP) is 4.89. The van der Waals surface area contributed by atoms with E-state index in [-0.39, 0.29) is 5.91 Å². The summed E-state index contributed by atoms with van der Waals surface area (Å²) >= 11 is 1.58. The van der Waals surface area contributed by atoms with E-state index in [1.54, 1.807) is 11.3 Å². The Labute approximate surface area is 193 Å². The molecule has 3 aromatic heterocycles. The minimum absolute atomic E-state index is 0.157. The molecule has 0 spiro atoms. The second kappa shape index (κ2) is 9.53. The Morgan fingerprint density at radius 1 is 1.22 bits per heavy atom. The summed E-state index contributed by atoms with van der Waals surface area (Å²) in [4.78, 5) is 23.4. The number of hydrazone groups is 1. The molecule has 7 heteroatoms. The first-order valence-corrected chi connectivity index (χ1v) is 11.8. The Morgan fingerprint density at radius 2 is 2.00 bits per heavy atom. The van der Waals surface area contributed by atoms with E-state index in [9.17, 15) is 4.79 Å². The summed E-state index contributed by atoms with van der Waals surface area (Å²) in [5.74, 6) is 0.183. The molecular formula is C25H29N5OS. The maximum absolute atomic E-state index is 12.5. The number of hydrogen-bond acceptors (Lipinski definition) is 5. The number of nitrogens with one attached hydrogen (secondary N) is 2. The van der Waals surface area contributed by atoms with Gasteiger partial charge in [0.05, 0.1) is 10.5 Å². The van der Waals surface area contributed by atoms with Crippen LogP contribution in [-0.4, -0.2) is 35.2 Å². The molecule has 0 aromatic carbocycles. The summed E-state index contributed by atoms with van der Waals surface area (Å²) < 4.78 is 0. The molecule has 2 N–H and O–H groups in total. The molecule has 1 amide bonds. The van der Waals surface area contributed by atoms with Crippen LogP contribution in [0.5, 0.6) is 0 Å². The number of amides is 1. The Morgan fingerprint density at radius 3 is 2.69 bits per heavy atom. The number of pyridine rings is 1. The lowest BCUT2D eigenvalue weighted by molar-refractivity contribution is -0.116. The van der Waals surface area contributed by atoms with Crippen molar-refractivity contribution < 1.29 is 4.79 Å². The highest BCUT2D eigenvalue weighted by Crippen LogP contribution is 2.31. The third kappa shape index (κ3) is 4.53. The number of thiophene rings is 1.